The molecule has 0 bridgehead atoms. The van der Waals surface area contributed by atoms with Gasteiger partial charge in [0.1, 0.15) is 11.9 Å². The molecule has 0 spiro atoms. The molecule has 0 radical (unpaired) electrons. The minimum atomic E-state index is -0.302. The fraction of sp³-hybridized carbons (Fsp3) is 0.440. The Hall–Kier alpha value is -2.82. The number of nitrogens with one attached hydrogen (secondary N) is 1. The van der Waals surface area contributed by atoms with Crippen LogP contribution in [-0.2, 0) is 9.53 Å². The first-order valence-corrected chi connectivity index (χ1v) is 10.8. The molecular formula is C25H31NO4. The number of esters is 1. The predicted molar refractivity (Wildman–Crippen MR) is 118 cm³/mol. The van der Waals surface area contributed by atoms with Crippen molar-refractivity contribution in [3.05, 3.63) is 59.2 Å². The van der Waals surface area contributed by atoms with Crippen LogP contribution >= 0.6 is 0 Å². The molecule has 0 heterocycles. The molecule has 2 aromatic rings. The van der Waals surface area contributed by atoms with Crippen LogP contribution in [-0.4, -0.2) is 24.6 Å². The Labute approximate surface area is 178 Å². The Morgan fingerprint density at radius 3 is 2.37 bits per heavy atom. The number of aryl methyl sites for hydroxylation is 1. The van der Waals surface area contributed by atoms with Crippen molar-refractivity contribution in [3.63, 3.8) is 0 Å². The molecule has 30 heavy (non-hydrogen) atoms. The van der Waals surface area contributed by atoms with Crippen molar-refractivity contribution < 1.29 is 19.1 Å². The first kappa shape index (κ1) is 21.9. The van der Waals surface area contributed by atoms with E-state index in [1.165, 1.54) is 12.0 Å². The van der Waals surface area contributed by atoms with Gasteiger partial charge in [0.25, 0.3) is 5.91 Å². The molecule has 5 heteroatoms. The van der Waals surface area contributed by atoms with Gasteiger partial charge in [0, 0.05) is 5.69 Å². The van der Waals surface area contributed by atoms with Gasteiger partial charge in [-0.15, -0.1) is 0 Å². The summed E-state index contributed by atoms with van der Waals surface area (Å²) in [5.74, 6) is 0.569. The molecule has 1 aliphatic carbocycles. The van der Waals surface area contributed by atoms with Crippen LogP contribution in [0.15, 0.2) is 42.5 Å². The van der Waals surface area contributed by atoms with E-state index in [0.717, 1.165) is 31.2 Å². The van der Waals surface area contributed by atoms with Crippen molar-refractivity contribution in [2.24, 2.45) is 0 Å². The van der Waals surface area contributed by atoms with E-state index >= 15 is 0 Å². The van der Waals surface area contributed by atoms with Gasteiger partial charge in [-0.1, -0.05) is 26.3 Å². The number of ether oxygens (including phenoxy) is 2. The lowest BCUT2D eigenvalue weighted by Crippen LogP contribution is -2.21. The van der Waals surface area contributed by atoms with E-state index in [1.807, 2.05) is 25.1 Å². The number of hydrogen-bond acceptors (Lipinski definition) is 4. The minimum Gasteiger partial charge on any atom is -0.484 e. The van der Waals surface area contributed by atoms with Gasteiger partial charge in [-0.2, -0.15) is 0 Å². The van der Waals surface area contributed by atoms with E-state index in [4.69, 9.17) is 9.47 Å². The van der Waals surface area contributed by atoms with Gasteiger partial charge in [0.15, 0.2) is 6.61 Å². The van der Waals surface area contributed by atoms with Gasteiger partial charge in [0.2, 0.25) is 0 Å². The van der Waals surface area contributed by atoms with Gasteiger partial charge in [-0.25, -0.2) is 4.79 Å². The first-order chi connectivity index (χ1) is 14.4. The van der Waals surface area contributed by atoms with Crippen LogP contribution in [0, 0.1) is 6.92 Å². The van der Waals surface area contributed by atoms with Crippen molar-refractivity contribution in [3.8, 4) is 5.75 Å². The molecule has 1 saturated carbocycles. The third kappa shape index (κ3) is 6.09. The zero-order valence-electron chi connectivity index (χ0n) is 18.1. The van der Waals surface area contributed by atoms with Crippen LogP contribution in [0.5, 0.6) is 5.75 Å². The molecular weight excluding hydrogens is 378 g/mol. The summed E-state index contributed by atoms with van der Waals surface area (Å²) < 4.78 is 11.2. The Morgan fingerprint density at radius 2 is 1.73 bits per heavy atom. The number of amides is 1. The SMILES string of the molecule is Cc1cc(OCC(=O)Nc2ccc(C(=O)OC3CCCCC3)cc2)ccc1C(C)C. The number of benzene rings is 2. The first-order valence-electron chi connectivity index (χ1n) is 10.8. The van der Waals surface area contributed by atoms with E-state index in [1.54, 1.807) is 24.3 Å². The quantitative estimate of drug-likeness (QED) is 0.602. The van der Waals surface area contributed by atoms with Crippen LogP contribution in [0.3, 0.4) is 0 Å². The summed E-state index contributed by atoms with van der Waals surface area (Å²) in [7, 11) is 0. The highest BCUT2D eigenvalue weighted by Gasteiger charge is 2.18. The number of anilines is 1. The van der Waals surface area contributed by atoms with Crippen LogP contribution in [0.1, 0.15) is 73.4 Å². The number of rotatable bonds is 7. The van der Waals surface area contributed by atoms with Gasteiger partial charge < -0.3 is 14.8 Å². The van der Waals surface area contributed by atoms with Crippen LogP contribution in [0.4, 0.5) is 5.69 Å². The number of hydrogen-bond donors (Lipinski definition) is 1. The highest BCUT2D eigenvalue weighted by atomic mass is 16.5. The lowest BCUT2D eigenvalue weighted by Gasteiger charge is -2.21. The summed E-state index contributed by atoms with van der Waals surface area (Å²) in [6, 6.07) is 12.6. The summed E-state index contributed by atoms with van der Waals surface area (Å²) in [4.78, 5) is 24.5. The van der Waals surface area contributed by atoms with Crippen molar-refractivity contribution in [1.29, 1.82) is 0 Å². The van der Waals surface area contributed by atoms with Gasteiger partial charge >= 0.3 is 5.97 Å². The standard InChI is InChI=1S/C25H31NO4/c1-17(2)23-14-13-22(15-18(23)3)29-16-24(27)26-20-11-9-19(10-12-20)25(28)30-21-7-5-4-6-8-21/h9-15,17,21H,4-8,16H2,1-3H3,(H,26,27). The Morgan fingerprint density at radius 1 is 1.03 bits per heavy atom. The monoisotopic (exact) mass is 409 g/mol. The van der Waals surface area contributed by atoms with E-state index in [2.05, 4.69) is 19.2 Å². The number of carbonyl (C=O) groups excluding carboxylic acids is 2. The largest absolute Gasteiger partial charge is 0.484 e. The zero-order chi connectivity index (χ0) is 21.5. The van der Waals surface area contributed by atoms with Crippen molar-refractivity contribution in [2.45, 2.75) is 64.9 Å². The molecule has 2 aromatic carbocycles. The second-order valence-corrected chi connectivity index (χ2v) is 8.25. The van der Waals surface area contributed by atoms with E-state index < -0.39 is 0 Å². The summed E-state index contributed by atoms with van der Waals surface area (Å²) in [6.45, 7) is 6.27. The van der Waals surface area contributed by atoms with Crippen LogP contribution in [0.2, 0.25) is 0 Å². The fourth-order valence-electron chi connectivity index (χ4n) is 3.82. The average molecular weight is 410 g/mol. The Bertz CT molecular complexity index is 867. The van der Waals surface area contributed by atoms with Crippen molar-refractivity contribution in [1.82, 2.24) is 0 Å². The fourth-order valence-corrected chi connectivity index (χ4v) is 3.82. The van der Waals surface area contributed by atoms with Crippen molar-refractivity contribution in [2.75, 3.05) is 11.9 Å². The highest BCUT2D eigenvalue weighted by molar-refractivity contribution is 5.93. The normalized spacial score (nSPS) is 14.4. The van der Waals surface area contributed by atoms with Gasteiger partial charge in [0.05, 0.1) is 5.56 Å². The molecule has 1 amide bonds. The predicted octanol–water partition coefficient (Wildman–Crippen LogP) is 5.63. The van der Waals surface area contributed by atoms with E-state index in [9.17, 15) is 9.59 Å². The Kier molecular flexibility index (Phi) is 7.50. The Balaban J connectivity index is 1.48. The molecule has 5 nitrogen and oxygen atoms in total. The molecule has 160 valence electrons. The topological polar surface area (TPSA) is 64.6 Å². The molecule has 0 atom stereocenters. The second-order valence-electron chi connectivity index (χ2n) is 8.25. The molecule has 3 rings (SSSR count). The lowest BCUT2D eigenvalue weighted by molar-refractivity contribution is -0.118. The van der Waals surface area contributed by atoms with Crippen molar-refractivity contribution >= 4 is 17.6 Å². The molecule has 0 saturated heterocycles. The summed E-state index contributed by atoms with van der Waals surface area (Å²) in [6.07, 6.45) is 5.37. The maximum absolute atomic E-state index is 12.3. The maximum atomic E-state index is 12.3. The second kappa shape index (κ2) is 10.3. The molecule has 0 aromatic heterocycles. The summed E-state index contributed by atoms with van der Waals surface area (Å²) >= 11 is 0. The summed E-state index contributed by atoms with van der Waals surface area (Å²) in [5, 5.41) is 2.79. The molecule has 0 aliphatic heterocycles. The average Bonchev–Trinajstić information content (AvgIpc) is 2.73. The third-order valence-corrected chi connectivity index (χ3v) is 5.46. The highest BCUT2D eigenvalue weighted by Crippen LogP contribution is 2.24. The molecule has 1 aliphatic rings. The maximum Gasteiger partial charge on any atom is 0.338 e. The minimum absolute atomic E-state index is 0.0287. The van der Waals surface area contributed by atoms with Crippen LogP contribution in [0.25, 0.3) is 0 Å². The number of carbonyl (C=O) groups is 2. The summed E-state index contributed by atoms with van der Waals surface area (Å²) in [5.41, 5.74) is 3.53. The lowest BCUT2D eigenvalue weighted by atomic mass is 9.98. The smallest absolute Gasteiger partial charge is 0.338 e. The van der Waals surface area contributed by atoms with Gasteiger partial charge in [-0.3, -0.25) is 4.79 Å². The molecule has 0 unspecified atom stereocenters. The van der Waals surface area contributed by atoms with E-state index in [0.29, 0.717) is 22.9 Å². The molecule has 1 fully saturated rings. The molecule has 1 N–H and O–H groups in total. The third-order valence-electron chi connectivity index (χ3n) is 5.46. The zero-order valence-corrected chi connectivity index (χ0v) is 18.1. The van der Waals surface area contributed by atoms with Crippen LogP contribution < -0.4 is 10.1 Å². The van der Waals surface area contributed by atoms with E-state index in [-0.39, 0.29) is 24.6 Å². The van der Waals surface area contributed by atoms with Gasteiger partial charge in [-0.05, 0) is 86.1 Å².